The fourth-order valence-corrected chi connectivity index (χ4v) is 2.53. The van der Waals surface area contributed by atoms with Crippen LogP contribution in [-0.2, 0) is 6.54 Å². The number of aryl methyl sites for hydroxylation is 1. The maximum atomic E-state index is 13.1. The van der Waals surface area contributed by atoms with Crippen molar-refractivity contribution in [1.29, 1.82) is 0 Å². The number of H-pyrrole nitrogens is 1. The summed E-state index contributed by atoms with van der Waals surface area (Å²) < 4.78 is 19.9. The predicted octanol–water partition coefficient (Wildman–Crippen LogP) is 2.27. The van der Waals surface area contributed by atoms with Gasteiger partial charge in [0, 0.05) is 18.7 Å². The quantitative estimate of drug-likeness (QED) is 0.624. The molecule has 0 saturated carbocycles. The molecule has 8 heteroatoms. The monoisotopic (exact) mass is 325 g/mol. The highest BCUT2D eigenvalue weighted by atomic mass is 19.1. The molecule has 0 saturated heterocycles. The van der Waals surface area contributed by atoms with Crippen molar-refractivity contribution in [3.8, 4) is 11.1 Å². The van der Waals surface area contributed by atoms with E-state index in [4.69, 9.17) is 4.42 Å². The van der Waals surface area contributed by atoms with E-state index in [1.54, 1.807) is 25.3 Å². The van der Waals surface area contributed by atoms with E-state index < -0.39 is 0 Å². The summed E-state index contributed by atoms with van der Waals surface area (Å²) in [5.74, 6) is 0.462. The third-order valence-electron chi connectivity index (χ3n) is 3.67. The largest absolute Gasteiger partial charge is 0.424 e. The number of hydrogen-bond acceptors (Lipinski definition) is 5. The van der Waals surface area contributed by atoms with Gasteiger partial charge in [-0.15, -0.1) is 10.2 Å². The number of nitrogens with one attached hydrogen (secondary N) is 1. The van der Waals surface area contributed by atoms with Crippen LogP contribution in [0.4, 0.5) is 4.39 Å². The Morgan fingerprint density at radius 2 is 2.00 bits per heavy atom. The summed E-state index contributed by atoms with van der Waals surface area (Å²) >= 11 is 0. The first-order chi connectivity index (χ1) is 11.6. The molecule has 7 nitrogen and oxygen atoms in total. The predicted molar refractivity (Wildman–Crippen MR) is 83.9 cm³/mol. The summed E-state index contributed by atoms with van der Waals surface area (Å²) in [5, 5.41) is 7.66. The number of fused-ring (bicyclic) bond motifs is 1. The van der Waals surface area contributed by atoms with E-state index in [1.807, 2.05) is 6.07 Å². The third kappa shape index (κ3) is 2.47. The molecular weight excluding hydrogens is 313 g/mol. The highest BCUT2D eigenvalue weighted by molar-refractivity contribution is 5.78. The van der Waals surface area contributed by atoms with E-state index in [1.165, 1.54) is 16.7 Å². The van der Waals surface area contributed by atoms with Gasteiger partial charge in [0.1, 0.15) is 12.4 Å². The maximum absolute atomic E-state index is 13.1. The number of halogens is 1. The van der Waals surface area contributed by atoms with Crippen LogP contribution in [0.2, 0.25) is 0 Å². The summed E-state index contributed by atoms with van der Waals surface area (Å²) in [7, 11) is 0. The minimum absolute atomic E-state index is 0.147. The Hall–Kier alpha value is -3.29. The number of benzene rings is 1. The summed E-state index contributed by atoms with van der Waals surface area (Å²) in [4.78, 5) is 19.1. The summed E-state index contributed by atoms with van der Waals surface area (Å²) in [6, 6.07) is 7.90. The lowest BCUT2D eigenvalue weighted by Crippen LogP contribution is -2.17. The second-order valence-electron chi connectivity index (χ2n) is 5.33. The molecule has 0 aliphatic carbocycles. The lowest BCUT2D eigenvalue weighted by atomic mass is 10.1. The van der Waals surface area contributed by atoms with Gasteiger partial charge in [-0.2, -0.15) is 0 Å². The Morgan fingerprint density at radius 3 is 2.71 bits per heavy atom. The first-order valence-electron chi connectivity index (χ1n) is 7.23. The highest BCUT2D eigenvalue weighted by Gasteiger charge is 2.13. The number of aromatic nitrogens is 5. The zero-order chi connectivity index (χ0) is 16.7. The smallest absolute Gasteiger partial charge is 0.328 e. The Labute approximate surface area is 134 Å². The summed E-state index contributed by atoms with van der Waals surface area (Å²) in [6.07, 6.45) is 1.63. The SMILES string of the molecule is Cc1nnc(Cn2c(=O)[nH]c3ncc(-c4ccc(F)cc4)cc32)o1. The van der Waals surface area contributed by atoms with Crippen molar-refractivity contribution >= 4 is 11.2 Å². The maximum Gasteiger partial charge on any atom is 0.328 e. The molecule has 3 heterocycles. The van der Waals surface area contributed by atoms with E-state index in [-0.39, 0.29) is 18.1 Å². The molecule has 3 aromatic heterocycles. The molecule has 0 spiro atoms. The number of nitrogens with zero attached hydrogens (tertiary/aromatic N) is 4. The topological polar surface area (TPSA) is 89.6 Å². The van der Waals surface area contributed by atoms with Crippen LogP contribution >= 0.6 is 0 Å². The van der Waals surface area contributed by atoms with Crippen LogP contribution in [0, 0.1) is 12.7 Å². The van der Waals surface area contributed by atoms with Crippen LogP contribution in [0.15, 0.2) is 45.7 Å². The van der Waals surface area contributed by atoms with Crippen molar-refractivity contribution in [2.24, 2.45) is 0 Å². The Balaban J connectivity index is 1.81. The summed E-state index contributed by atoms with van der Waals surface area (Å²) in [6.45, 7) is 1.83. The van der Waals surface area contributed by atoms with Crippen molar-refractivity contribution in [1.82, 2.24) is 24.7 Å². The van der Waals surface area contributed by atoms with E-state index in [2.05, 4.69) is 20.2 Å². The molecule has 0 radical (unpaired) electrons. The van der Waals surface area contributed by atoms with Gasteiger partial charge in [0.2, 0.25) is 11.8 Å². The first kappa shape index (κ1) is 14.3. The van der Waals surface area contributed by atoms with Crippen LogP contribution in [0.5, 0.6) is 0 Å². The number of rotatable bonds is 3. The zero-order valence-corrected chi connectivity index (χ0v) is 12.7. The van der Waals surface area contributed by atoms with Gasteiger partial charge >= 0.3 is 5.69 Å². The van der Waals surface area contributed by atoms with Gasteiger partial charge in [-0.25, -0.2) is 14.2 Å². The van der Waals surface area contributed by atoms with Crippen LogP contribution in [-0.4, -0.2) is 24.7 Å². The van der Waals surface area contributed by atoms with Crippen molar-refractivity contribution in [2.75, 3.05) is 0 Å². The molecule has 0 aliphatic heterocycles. The minimum atomic E-state index is -0.315. The van der Waals surface area contributed by atoms with Gasteiger partial charge < -0.3 is 4.42 Å². The molecule has 0 amide bonds. The van der Waals surface area contributed by atoms with Gasteiger partial charge in [-0.3, -0.25) is 9.55 Å². The number of hydrogen-bond donors (Lipinski definition) is 1. The molecule has 4 aromatic rings. The zero-order valence-electron chi connectivity index (χ0n) is 12.7. The van der Waals surface area contributed by atoms with Crippen LogP contribution in [0.25, 0.3) is 22.3 Å². The Kier molecular flexibility index (Phi) is 3.23. The molecule has 0 fully saturated rings. The molecule has 0 unspecified atom stereocenters. The average molecular weight is 325 g/mol. The van der Waals surface area contributed by atoms with Gasteiger partial charge in [0.05, 0.1) is 5.52 Å². The second kappa shape index (κ2) is 5.41. The molecule has 0 bridgehead atoms. The molecule has 24 heavy (non-hydrogen) atoms. The van der Waals surface area contributed by atoms with Crippen LogP contribution < -0.4 is 5.69 Å². The van der Waals surface area contributed by atoms with Gasteiger partial charge in [-0.05, 0) is 23.8 Å². The molecular formula is C16H12FN5O2. The lowest BCUT2D eigenvalue weighted by molar-refractivity contribution is 0.454. The van der Waals surface area contributed by atoms with E-state index in [0.29, 0.717) is 22.9 Å². The van der Waals surface area contributed by atoms with Crippen molar-refractivity contribution in [3.05, 3.63) is 64.6 Å². The average Bonchev–Trinajstić information content (AvgIpc) is 3.12. The van der Waals surface area contributed by atoms with Crippen LogP contribution in [0.1, 0.15) is 11.8 Å². The number of imidazole rings is 1. The molecule has 1 aromatic carbocycles. The van der Waals surface area contributed by atoms with E-state index in [0.717, 1.165) is 11.1 Å². The van der Waals surface area contributed by atoms with Crippen molar-refractivity contribution in [3.63, 3.8) is 0 Å². The van der Waals surface area contributed by atoms with E-state index >= 15 is 0 Å². The van der Waals surface area contributed by atoms with Gasteiger partial charge in [0.25, 0.3) is 0 Å². The molecule has 120 valence electrons. The molecule has 4 rings (SSSR count). The number of aromatic amines is 1. The standard InChI is InChI=1S/C16H12FN5O2/c1-9-20-21-14(24-9)8-22-13-6-11(7-18-15(13)19-16(22)23)10-2-4-12(17)5-3-10/h2-7H,8H2,1H3,(H,18,19,23). The highest BCUT2D eigenvalue weighted by Crippen LogP contribution is 2.22. The lowest BCUT2D eigenvalue weighted by Gasteiger charge is -2.03. The van der Waals surface area contributed by atoms with Crippen molar-refractivity contribution in [2.45, 2.75) is 13.5 Å². The first-order valence-corrected chi connectivity index (χ1v) is 7.23. The van der Waals surface area contributed by atoms with Gasteiger partial charge in [-0.1, -0.05) is 12.1 Å². The molecule has 0 atom stereocenters. The normalized spacial score (nSPS) is 11.2. The molecule has 1 N–H and O–H groups in total. The Bertz CT molecular complexity index is 1080. The fraction of sp³-hybridized carbons (Fsp3) is 0.125. The minimum Gasteiger partial charge on any atom is -0.424 e. The van der Waals surface area contributed by atoms with Crippen molar-refractivity contribution < 1.29 is 8.81 Å². The molecule has 0 aliphatic rings. The second-order valence-corrected chi connectivity index (χ2v) is 5.33. The Morgan fingerprint density at radius 1 is 1.21 bits per heavy atom. The fourth-order valence-electron chi connectivity index (χ4n) is 2.53. The third-order valence-corrected chi connectivity index (χ3v) is 3.67. The summed E-state index contributed by atoms with van der Waals surface area (Å²) in [5.41, 5.74) is 2.33. The van der Waals surface area contributed by atoms with Crippen LogP contribution in [0.3, 0.4) is 0 Å². The number of pyridine rings is 1. The van der Waals surface area contributed by atoms with E-state index in [9.17, 15) is 9.18 Å². The van der Waals surface area contributed by atoms with Gasteiger partial charge in [0.15, 0.2) is 5.65 Å².